The van der Waals surface area contributed by atoms with Gasteiger partial charge in [-0.25, -0.2) is 4.39 Å². The Morgan fingerprint density at radius 1 is 1.26 bits per heavy atom. The van der Waals surface area contributed by atoms with Crippen molar-refractivity contribution in [3.05, 3.63) is 57.8 Å². The highest BCUT2D eigenvalue weighted by molar-refractivity contribution is 9.10. The van der Waals surface area contributed by atoms with Gasteiger partial charge in [-0.3, -0.25) is 4.79 Å². The normalized spacial score (nSPS) is 10.3. The lowest BCUT2D eigenvalue weighted by atomic mass is 10.1. The second kappa shape index (κ2) is 5.40. The Hall–Kier alpha value is -1.88. The summed E-state index contributed by atoms with van der Waals surface area (Å²) in [5, 5.41) is 12.2. The number of aryl methyl sites for hydroxylation is 1. The molecule has 0 aromatic heterocycles. The number of phenolic OH excluding ortho intramolecular Hbond substituents is 1. The zero-order valence-electron chi connectivity index (χ0n) is 10.1. The van der Waals surface area contributed by atoms with Crippen LogP contribution in [-0.4, -0.2) is 11.0 Å². The van der Waals surface area contributed by atoms with Gasteiger partial charge in [-0.15, -0.1) is 0 Å². The molecule has 0 heterocycles. The Bertz CT molecular complexity index is 643. The second-order valence-electron chi connectivity index (χ2n) is 4.07. The first-order valence-electron chi connectivity index (χ1n) is 5.53. The van der Waals surface area contributed by atoms with Crippen LogP contribution in [0, 0.1) is 12.7 Å². The maximum absolute atomic E-state index is 13.1. The van der Waals surface area contributed by atoms with Gasteiger partial charge < -0.3 is 10.4 Å². The minimum absolute atomic E-state index is 0.0951. The summed E-state index contributed by atoms with van der Waals surface area (Å²) in [5.41, 5.74) is 1.37. The minimum Gasteiger partial charge on any atom is -0.507 e. The summed E-state index contributed by atoms with van der Waals surface area (Å²) in [5.74, 6) is -1.38. The molecular formula is C14H11BrFNO2. The molecule has 2 aromatic rings. The number of carbonyl (C=O) groups is 1. The molecule has 0 saturated heterocycles. The molecular weight excluding hydrogens is 313 g/mol. The van der Waals surface area contributed by atoms with E-state index in [1.807, 2.05) is 13.0 Å². The lowest BCUT2D eigenvalue weighted by molar-refractivity contribution is 0.102. The van der Waals surface area contributed by atoms with Crippen molar-refractivity contribution in [2.45, 2.75) is 6.92 Å². The predicted molar refractivity (Wildman–Crippen MR) is 74.9 cm³/mol. The summed E-state index contributed by atoms with van der Waals surface area (Å²) < 4.78 is 14.0. The number of nitrogens with one attached hydrogen (secondary N) is 1. The molecule has 2 rings (SSSR count). The Labute approximate surface area is 118 Å². The van der Waals surface area contributed by atoms with Crippen molar-refractivity contribution in [3.8, 4) is 5.75 Å². The van der Waals surface area contributed by atoms with Crippen molar-refractivity contribution in [2.24, 2.45) is 0 Å². The maximum Gasteiger partial charge on any atom is 0.259 e. The second-order valence-corrected chi connectivity index (χ2v) is 4.99. The van der Waals surface area contributed by atoms with E-state index in [0.29, 0.717) is 5.69 Å². The Balaban J connectivity index is 2.28. The van der Waals surface area contributed by atoms with Crippen LogP contribution in [-0.2, 0) is 0 Å². The van der Waals surface area contributed by atoms with Crippen LogP contribution in [0.5, 0.6) is 5.75 Å². The van der Waals surface area contributed by atoms with Crippen molar-refractivity contribution in [1.82, 2.24) is 0 Å². The van der Waals surface area contributed by atoms with Gasteiger partial charge in [-0.2, -0.15) is 0 Å². The summed E-state index contributed by atoms with van der Waals surface area (Å²) >= 11 is 3.33. The largest absolute Gasteiger partial charge is 0.507 e. The van der Waals surface area contributed by atoms with Gasteiger partial charge in [0.25, 0.3) is 5.91 Å². The highest BCUT2D eigenvalue weighted by Crippen LogP contribution is 2.23. The van der Waals surface area contributed by atoms with E-state index in [1.165, 1.54) is 0 Å². The first kappa shape index (κ1) is 13.5. The van der Waals surface area contributed by atoms with E-state index < -0.39 is 11.7 Å². The summed E-state index contributed by atoms with van der Waals surface area (Å²) in [6.45, 7) is 1.84. The number of aromatic hydroxyl groups is 1. The third kappa shape index (κ3) is 3.12. The molecule has 2 aromatic carbocycles. The average molecular weight is 324 g/mol. The van der Waals surface area contributed by atoms with Crippen molar-refractivity contribution < 1.29 is 14.3 Å². The molecule has 0 spiro atoms. The first-order chi connectivity index (χ1) is 8.97. The zero-order chi connectivity index (χ0) is 14.0. The Kier molecular flexibility index (Phi) is 3.85. The molecule has 2 N–H and O–H groups in total. The molecule has 0 aliphatic rings. The van der Waals surface area contributed by atoms with E-state index in [-0.39, 0.29) is 11.3 Å². The van der Waals surface area contributed by atoms with Crippen LogP contribution in [0.3, 0.4) is 0 Å². The minimum atomic E-state index is -0.574. The van der Waals surface area contributed by atoms with Crippen LogP contribution in [0.4, 0.5) is 10.1 Å². The Morgan fingerprint density at radius 2 is 2.00 bits per heavy atom. The number of rotatable bonds is 2. The summed E-state index contributed by atoms with van der Waals surface area (Å²) in [6.07, 6.45) is 0. The predicted octanol–water partition coefficient (Wildman–Crippen LogP) is 3.85. The number of benzene rings is 2. The van der Waals surface area contributed by atoms with Crippen molar-refractivity contribution in [1.29, 1.82) is 0 Å². The topological polar surface area (TPSA) is 49.3 Å². The van der Waals surface area contributed by atoms with Gasteiger partial charge in [0.15, 0.2) is 0 Å². The lowest BCUT2D eigenvalue weighted by Gasteiger charge is -2.09. The number of phenols is 1. The van der Waals surface area contributed by atoms with Crippen molar-refractivity contribution in [2.75, 3.05) is 5.32 Å². The van der Waals surface area contributed by atoms with Gasteiger partial charge in [0.05, 0.1) is 5.56 Å². The molecule has 0 fully saturated rings. The van der Waals surface area contributed by atoms with Gasteiger partial charge in [0.2, 0.25) is 0 Å². The molecule has 0 radical (unpaired) electrons. The zero-order valence-corrected chi connectivity index (χ0v) is 11.7. The summed E-state index contributed by atoms with van der Waals surface area (Å²) in [6, 6.07) is 8.61. The van der Waals surface area contributed by atoms with E-state index in [1.54, 1.807) is 12.1 Å². The van der Waals surface area contributed by atoms with Crippen LogP contribution in [0.25, 0.3) is 0 Å². The van der Waals surface area contributed by atoms with E-state index in [2.05, 4.69) is 21.2 Å². The number of carbonyl (C=O) groups excluding carboxylic acids is 1. The average Bonchev–Trinajstić information content (AvgIpc) is 2.35. The molecule has 98 valence electrons. The number of hydrogen-bond acceptors (Lipinski definition) is 2. The molecule has 0 saturated carbocycles. The highest BCUT2D eigenvalue weighted by Gasteiger charge is 2.13. The molecule has 0 aliphatic carbocycles. The Morgan fingerprint density at radius 3 is 2.68 bits per heavy atom. The molecule has 0 aliphatic heterocycles. The standard InChI is InChI=1S/C14H11BrFNO2/c1-8-6-9(15)2-4-12(8)17-14(19)11-7-10(16)3-5-13(11)18/h2-7,18H,1H3,(H,17,19). The van der Waals surface area contributed by atoms with Gasteiger partial charge in [-0.05, 0) is 48.9 Å². The third-order valence-corrected chi connectivity index (χ3v) is 3.13. The molecule has 3 nitrogen and oxygen atoms in total. The summed E-state index contributed by atoms with van der Waals surface area (Å²) in [4.78, 5) is 12.0. The monoisotopic (exact) mass is 323 g/mol. The fourth-order valence-corrected chi connectivity index (χ4v) is 2.12. The van der Waals surface area contributed by atoms with E-state index in [9.17, 15) is 14.3 Å². The molecule has 0 unspecified atom stereocenters. The molecule has 19 heavy (non-hydrogen) atoms. The summed E-state index contributed by atoms with van der Waals surface area (Å²) in [7, 11) is 0. The smallest absolute Gasteiger partial charge is 0.259 e. The number of amides is 1. The van der Waals surface area contributed by atoms with Gasteiger partial charge in [0.1, 0.15) is 11.6 Å². The third-order valence-electron chi connectivity index (χ3n) is 2.64. The maximum atomic E-state index is 13.1. The van der Waals surface area contributed by atoms with Gasteiger partial charge in [-0.1, -0.05) is 15.9 Å². The van der Waals surface area contributed by atoms with E-state index in [4.69, 9.17) is 0 Å². The fourth-order valence-electron chi connectivity index (χ4n) is 1.65. The first-order valence-corrected chi connectivity index (χ1v) is 6.32. The fraction of sp³-hybridized carbons (Fsp3) is 0.0714. The van der Waals surface area contributed by atoms with Crippen LogP contribution in [0.2, 0.25) is 0 Å². The molecule has 0 atom stereocenters. The quantitative estimate of drug-likeness (QED) is 0.881. The van der Waals surface area contributed by atoms with E-state index >= 15 is 0 Å². The van der Waals surface area contributed by atoms with Crippen LogP contribution < -0.4 is 5.32 Å². The van der Waals surface area contributed by atoms with Crippen LogP contribution in [0.1, 0.15) is 15.9 Å². The van der Waals surface area contributed by atoms with Crippen molar-refractivity contribution >= 4 is 27.5 Å². The van der Waals surface area contributed by atoms with Gasteiger partial charge in [0, 0.05) is 10.2 Å². The van der Waals surface area contributed by atoms with E-state index in [0.717, 1.165) is 28.2 Å². The molecule has 0 bridgehead atoms. The van der Waals surface area contributed by atoms with Gasteiger partial charge >= 0.3 is 0 Å². The molecule has 5 heteroatoms. The van der Waals surface area contributed by atoms with Crippen LogP contribution >= 0.6 is 15.9 Å². The number of halogens is 2. The highest BCUT2D eigenvalue weighted by atomic mass is 79.9. The lowest BCUT2D eigenvalue weighted by Crippen LogP contribution is -2.13. The SMILES string of the molecule is Cc1cc(Br)ccc1NC(=O)c1cc(F)ccc1O. The number of hydrogen-bond donors (Lipinski definition) is 2. The van der Waals surface area contributed by atoms with Crippen LogP contribution in [0.15, 0.2) is 40.9 Å². The number of anilines is 1. The molecule has 1 amide bonds. The van der Waals surface area contributed by atoms with Crippen molar-refractivity contribution in [3.63, 3.8) is 0 Å².